The highest BCUT2D eigenvalue weighted by Gasteiger charge is 2.19. The lowest BCUT2D eigenvalue weighted by atomic mass is 10.0. The molecule has 1 amide bonds. The van der Waals surface area contributed by atoms with Crippen LogP contribution in [0.4, 0.5) is 0 Å². The predicted octanol–water partition coefficient (Wildman–Crippen LogP) is 5.18. The van der Waals surface area contributed by atoms with E-state index >= 15 is 0 Å². The minimum atomic E-state index is 0.0949. The number of nitrogens with one attached hydrogen (secondary N) is 1. The third-order valence-electron chi connectivity index (χ3n) is 4.42. The van der Waals surface area contributed by atoms with E-state index in [9.17, 15) is 4.79 Å². The highest BCUT2D eigenvalue weighted by Crippen LogP contribution is 2.29. The summed E-state index contributed by atoms with van der Waals surface area (Å²) in [5.74, 6) is 0.0949. The van der Waals surface area contributed by atoms with Gasteiger partial charge in [-0.25, -0.2) is 0 Å². The quantitative estimate of drug-likeness (QED) is 0.778. The Morgan fingerprint density at radius 2 is 1.73 bits per heavy atom. The summed E-state index contributed by atoms with van der Waals surface area (Å²) in [6, 6.07) is 10.8. The van der Waals surface area contributed by atoms with Crippen LogP contribution in [-0.2, 0) is 0 Å². The number of carbonyl (C=O) groups excluding carboxylic acids is 1. The zero-order valence-corrected chi connectivity index (χ0v) is 13.9. The third kappa shape index (κ3) is 3.58. The van der Waals surface area contributed by atoms with Crippen LogP contribution in [0.3, 0.4) is 0 Å². The van der Waals surface area contributed by atoms with Crippen molar-refractivity contribution in [2.75, 3.05) is 0 Å². The van der Waals surface area contributed by atoms with Gasteiger partial charge in [0.05, 0.1) is 4.88 Å². The van der Waals surface area contributed by atoms with Crippen molar-refractivity contribution in [2.45, 2.75) is 51.5 Å². The van der Waals surface area contributed by atoms with Gasteiger partial charge in [-0.2, -0.15) is 0 Å². The van der Waals surface area contributed by atoms with Crippen molar-refractivity contribution in [1.29, 1.82) is 0 Å². The van der Waals surface area contributed by atoms with E-state index in [4.69, 9.17) is 0 Å². The smallest absolute Gasteiger partial charge is 0.262 e. The molecule has 2 aromatic rings. The van der Waals surface area contributed by atoms with Crippen LogP contribution in [0.1, 0.15) is 53.8 Å². The molecule has 3 heteroatoms. The van der Waals surface area contributed by atoms with Crippen molar-refractivity contribution < 1.29 is 4.79 Å². The first-order chi connectivity index (χ1) is 10.7. The molecule has 1 aromatic heterocycles. The molecule has 22 heavy (non-hydrogen) atoms. The van der Waals surface area contributed by atoms with Crippen LogP contribution in [0.15, 0.2) is 35.7 Å². The van der Waals surface area contributed by atoms with Crippen molar-refractivity contribution in [3.05, 3.63) is 46.2 Å². The second-order valence-electron chi connectivity index (χ2n) is 6.19. The third-order valence-corrected chi connectivity index (χ3v) is 5.34. The van der Waals surface area contributed by atoms with Gasteiger partial charge in [0.15, 0.2) is 0 Å². The lowest BCUT2D eigenvalue weighted by molar-refractivity contribution is 0.0938. The maximum Gasteiger partial charge on any atom is 0.262 e. The number of amides is 1. The van der Waals surface area contributed by atoms with Gasteiger partial charge in [0, 0.05) is 11.6 Å². The maximum atomic E-state index is 12.6. The standard InChI is InChI=1S/C19H23NOS/c1-14-8-10-15(11-9-14)17-12-13-22-18(17)19(21)20-16-6-4-2-3-5-7-16/h8-13,16H,2-7H2,1H3,(H,20,21). The molecule has 1 aromatic carbocycles. The second-order valence-corrected chi connectivity index (χ2v) is 7.11. The summed E-state index contributed by atoms with van der Waals surface area (Å²) in [6.07, 6.45) is 7.33. The van der Waals surface area contributed by atoms with Crippen molar-refractivity contribution in [3.63, 3.8) is 0 Å². The Balaban J connectivity index is 1.76. The number of thiophene rings is 1. The van der Waals surface area contributed by atoms with E-state index in [-0.39, 0.29) is 5.91 Å². The predicted molar refractivity (Wildman–Crippen MR) is 93.4 cm³/mol. The van der Waals surface area contributed by atoms with Gasteiger partial charge in [0.2, 0.25) is 0 Å². The summed E-state index contributed by atoms with van der Waals surface area (Å²) < 4.78 is 0. The van der Waals surface area contributed by atoms with Crippen molar-refractivity contribution in [3.8, 4) is 11.1 Å². The molecule has 1 saturated carbocycles. The maximum absolute atomic E-state index is 12.6. The van der Waals surface area contributed by atoms with Gasteiger partial charge in [-0.05, 0) is 36.8 Å². The van der Waals surface area contributed by atoms with E-state index in [2.05, 4.69) is 42.6 Å². The van der Waals surface area contributed by atoms with E-state index in [0.29, 0.717) is 6.04 Å². The van der Waals surface area contributed by atoms with Crippen LogP contribution in [0.5, 0.6) is 0 Å². The lowest BCUT2D eigenvalue weighted by Gasteiger charge is -2.16. The molecule has 2 nitrogen and oxygen atoms in total. The van der Waals surface area contributed by atoms with Crippen LogP contribution >= 0.6 is 11.3 Å². The van der Waals surface area contributed by atoms with E-state index in [1.165, 1.54) is 42.6 Å². The molecule has 0 radical (unpaired) electrons. The molecule has 3 rings (SSSR count). The molecule has 0 atom stereocenters. The molecule has 1 fully saturated rings. The van der Waals surface area contributed by atoms with Crippen molar-refractivity contribution in [1.82, 2.24) is 5.32 Å². The Hall–Kier alpha value is -1.61. The van der Waals surface area contributed by atoms with E-state index in [1.54, 1.807) is 0 Å². The average Bonchev–Trinajstić information content (AvgIpc) is 2.87. The molecule has 0 spiro atoms. The van der Waals surface area contributed by atoms with Crippen LogP contribution in [0, 0.1) is 6.92 Å². The van der Waals surface area contributed by atoms with Crippen molar-refractivity contribution in [2.24, 2.45) is 0 Å². The van der Waals surface area contributed by atoms with Gasteiger partial charge in [-0.1, -0.05) is 55.5 Å². The Morgan fingerprint density at radius 1 is 1.05 bits per heavy atom. The van der Waals surface area contributed by atoms with E-state index in [1.807, 2.05) is 5.38 Å². The second kappa shape index (κ2) is 7.10. The van der Waals surface area contributed by atoms with Crippen LogP contribution < -0.4 is 5.32 Å². The molecule has 1 heterocycles. The summed E-state index contributed by atoms with van der Waals surface area (Å²) in [7, 11) is 0. The molecular formula is C19H23NOS. The first-order valence-corrected chi connectivity index (χ1v) is 9.07. The van der Waals surface area contributed by atoms with Gasteiger partial charge < -0.3 is 5.32 Å². The summed E-state index contributed by atoms with van der Waals surface area (Å²) in [6.45, 7) is 2.08. The van der Waals surface area contributed by atoms with E-state index < -0.39 is 0 Å². The molecule has 116 valence electrons. The fourth-order valence-electron chi connectivity index (χ4n) is 3.12. The molecule has 1 N–H and O–H groups in total. The topological polar surface area (TPSA) is 29.1 Å². The van der Waals surface area contributed by atoms with Gasteiger partial charge in [0.25, 0.3) is 5.91 Å². The fraction of sp³-hybridized carbons (Fsp3) is 0.421. The highest BCUT2D eigenvalue weighted by molar-refractivity contribution is 7.12. The summed E-state index contributed by atoms with van der Waals surface area (Å²) in [5.41, 5.74) is 3.41. The lowest BCUT2D eigenvalue weighted by Crippen LogP contribution is -2.34. The molecular weight excluding hydrogens is 290 g/mol. The SMILES string of the molecule is Cc1ccc(-c2ccsc2C(=O)NC2CCCCCC2)cc1. The zero-order valence-electron chi connectivity index (χ0n) is 13.1. The van der Waals surface area contributed by atoms with E-state index in [0.717, 1.165) is 28.8 Å². The monoisotopic (exact) mass is 313 g/mol. The van der Waals surface area contributed by atoms with Crippen LogP contribution in [0.25, 0.3) is 11.1 Å². The Bertz CT molecular complexity index is 621. The number of benzene rings is 1. The minimum absolute atomic E-state index is 0.0949. The molecule has 0 unspecified atom stereocenters. The molecule has 0 saturated heterocycles. The summed E-state index contributed by atoms with van der Waals surface area (Å²) >= 11 is 1.54. The van der Waals surface area contributed by atoms with Crippen LogP contribution in [-0.4, -0.2) is 11.9 Å². The first kappa shape index (κ1) is 15.3. The summed E-state index contributed by atoms with van der Waals surface area (Å²) in [4.78, 5) is 13.5. The van der Waals surface area contributed by atoms with Gasteiger partial charge in [-0.15, -0.1) is 11.3 Å². The van der Waals surface area contributed by atoms with Crippen LogP contribution in [0.2, 0.25) is 0 Å². The largest absolute Gasteiger partial charge is 0.349 e. The minimum Gasteiger partial charge on any atom is -0.349 e. The number of hydrogen-bond donors (Lipinski definition) is 1. The highest BCUT2D eigenvalue weighted by atomic mass is 32.1. The molecule has 1 aliphatic rings. The number of hydrogen-bond acceptors (Lipinski definition) is 2. The first-order valence-electron chi connectivity index (χ1n) is 8.19. The normalized spacial score (nSPS) is 16.2. The molecule has 0 bridgehead atoms. The van der Waals surface area contributed by atoms with Crippen molar-refractivity contribution >= 4 is 17.2 Å². The number of rotatable bonds is 3. The van der Waals surface area contributed by atoms with Gasteiger partial charge in [0.1, 0.15) is 0 Å². The Labute approximate surface area is 136 Å². The Morgan fingerprint density at radius 3 is 2.41 bits per heavy atom. The number of carbonyl (C=O) groups is 1. The van der Waals surface area contributed by atoms with Gasteiger partial charge >= 0.3 is 0 Å². The summed E-state index contributed by atoms with van der Waals surface area (Å²) in [5, 5.41) is 5.27. The average molecular weight is 313 g/mol. The molecule has 0 aliphatic heterocycles. The fourth-order valence-corrected chi connectivity index (χ4v) is 3.94. The van der Waals surface area contributed by atoms with Gasteiger partial charge in [-0.3, -0.25) is 4.79 Å². The molecule has 1 aliphatic carbocycles. The number of aryl methyl sites for hydroxylation is 1. The zero-order chi connectivity index (χ0) is 15.4. The Kier molecular flexibility index (Phi) is 4.94.